The molecular formula is C23H26IN5O. The standard InChI is InChI=1S/C23H26IN5O/c1-29(2)21-19-5-3-4-6-20(19)27-23(28-21)26-18-13-11-17(12-14-18)25-22(30)15-7-9-16(24)10-8-15/h3-10,17-18H,11-14H2,1-2H3,(H,25,30)(H,26,27,28)/t17-,18+. The van der Waals surface area contributed by atoms with Gasteiger partial charge in [-0.2, -0.15) is 4.98 Å². The Kier molecular flexibility index (Phi) is 6.36. The molecule has 0 spiro atoms. The Labute approximate surface area is 190 Å². The van der Waals surface area contributed by atoms with Crippen LogP contribution in [0.25, 0.3) is 10.9 Å². The fourth-order valence-electron chi connectivity index (χ4n) is 3.90. The van der Waals surface area contributed by atoms with Crippen molar-refractivity contribution in [2.75, 3.05) is 24.3 Å². The van der Waals surface area contributed by atoms with Gasteiger partial charge in [-0.15, -0.1) is 0 Å². The summed E-state index contributed by atoms with van der Waals surface area (Å²) >= 11 is 2.24. The number of nitrogens with one attached hydrogen (secondary N) is 2. The topological polar surface area (TPSA) is 70.2 Å². The van der Waals surface area contributed by atoms with E-state index in [1.165, 1.54) is 0 Å². The number of aromatic nitrogens is 2. The van der Waals surface area contributed by atoms with Gasteiger partial charge < -0.3 is 15.5 Å². The van der Waals surface area contributed by atoms with Crippen LogP contribution in [0, 0.1) is 3.57 Å². The van der Waals surface area contributed by atoms with E-state index in [1.807, 2.05) is 61.5 Å². The molecule has 0 bridgehead atoms. The molecule has 1 amide bonds. The maximum absolute atomic E-state index is 12.5. The zero-order valence-corrected chi connectivity index (χ0v) is 19.4. The maximum Gasteiger partial charge on any atom is 0.251 e. The Morgan fingerprint density at radius 2 is 1.63 bits per heavy atom. The lowest BCUT2D eigenvalue weighted by molar-refractivity contribution is 0.0926. The minimum absolute atomic E-state index is 0.0105. The van der Waals surface area contributed by atoms with Gasteiger partial charge in [0, 0.05) is 40.7 Å². The van der Waals surface area contributed by atoms with Crippen molar-refractivity contribution in [3.8, 4) is 0 Å². The molecule has 3 aromatic rings. The van der Waals surface area contributed by atoms with Crippen LogP contribution in [0.5, 0.6) is 0 Å². The first kappa shape index (κ1) is 20.8. The zero-order chi connectivity index (χ0) is 21.1. The van der Waals surface area contributed by atoms with E-state index in [0.717, 1.165) is 51.5 Å². The lowest BCUT2D eigenvalue weighted by atomic mass is 9.91. The molecule has 0 atom stereocenters. The average molecular weight is 515 g/mol. The minimum Gasteiger partial charge on any atom is -0.362 e. The number of amides is 1. The number of carbonyl (C=O) groups excluding carboxylic acids is 1. The molecule has 156 valence electrons. The molecule has 1 aliphatic rings. The van der Waals surface area contributed by atoms with Gasteiger partial charge in [0.25, 0.3) is 5.91 Å². The monoisotopic (exact) mass is 515 g/mol. The summed E-state index contributed by atoms with van der Waals surface area (Å²) in [5.74, 6) is 1.60. The predicted octanol–water partition coefficient (Wildman–Crippen LogP) is 4.45. The molecule has 7 heteroatoms. The third-order valence-electron chi connectivity index (χ3n) is 5.51. The highest BCUT2D eigenvalue weighted by atomic mass is 127. The highest BCUT2D eigenvalue weighted by molar-refractivity contribution is 14.1. The molecular weight excluding hydrogens is 489 g/mol. The van der Waals surface area contributed by atoms with Crippen molar-refractivity contribution >= 4 is 51.2 Å². The number of para-hydroxylation sites is 1. The van der Waals surface area contributed by atoms with E-state index >= 15 is 0 Å². The van der Waals surface area contributed by atoms with Crippen LogP contribution in [0.2, 0.25) is 0 Å². The van der Waals surface area contributed by atoms with Crippen LogP contribution >= 0.6 is 22.6 Å². The summed E-state index contributed by atoms with van der Waals surface area (Å²) in [6.45, 7) is 0. The second-order valence-electron chi connectivity index (χ2n) is 7.96. The average Bonchev–Trinajstić information content (AvgIpc) is 2.75. The number of hydrogen-bond donors (Lipinski definition) is 2. The molecule has 6 nitrogen and oxygen atoms in total. The SMILES string of the molecule is CN(C)c1nc(N[C@H]2CC[C@@H](NC(=O)c3ccc(I)cc3)CC2)nc2ccccc12. The Balaban J connectivity index is 1.37. The summed E-state index contributed by atoms with van der Waals surface area (Å²) in [6.07, 6.45) is 3.85. The second kappa shape index (κ2) is 9.16. The van der Waals surface area contributed by atoms with Gasteiger partial charge in [0.05, 0.1) is 5.52 Å². The first-order valence-corrected chi connectivity index (χ1v) is 11.3. The van der Waals surface area contributed by atoms with Gasteiger partial charge in [0.1, 0.15) is 5.82 Å². The number of hydrogen-bond acceptors (Lipinski definition) is 5. The normalized spacial score (nSPS) is 18.8. The van der Waals surface area contributed by atoms with Crippen molar-refractivity contribution < 1.29 is 4.79 Å². The molecule has 1 saturated carbocycles. The molecule has 0 radical (unpaired) electrons. The Morgan fingerprint density at radius 1 is 0.967 bits per heavy atom. The molecule has 0 saturated heterocycles. The lowest BCUT2D eigenvalue weighted by Gasteiger charge is -2.30. The zero-order valence-electron chi connectivity index (χ0n) is 17.2. The van der Waals surface area contributed by atoms with Crippen LogP contribution in [-0.2, 0) is 0 Å². The van der Waals surface area contributed by atoms with Crippen molar-refractivity contribution in [3.63, 3.8) is 0 Å². The largest absolute Gasteiger partial charge is 0.362 e. The van der Waals surface area contributed by atoms with E-state index in [1.54, 1.807) is 0 Å². The molecule has 4 rings (SSSR count). The maximum atomic E-state index is 12.5. The van der Waals surface area contributed by atoms with Crippen molar-refractivity contribution in [3.05, 3.63) is 57.7 Å². The number of nitrogens with zero attached hydrogens (tertiary/aromatic N) is 3. The van der Waals surface area contributed by atoms with Crippen molar-refractivity contribution in [1.29, 1.82) is 0 Å². The summed E-state index contributed by atoms with van der Waals surface area (Å²) in [7, 11) is 4.00. The van der Waals surface area contributed by atoms with Gasteiger partial charge in [-0.25, -0.2) is 4.98 Å². The molecule has 2 N–H and O–H groups in total. The quantitative estimate of drug-likeness (QED) is 0.492. The number of halogens is 1. The van der Waals surface area contributed by atoms with Crippen LogP contribution in [0.3, 0.4) is 0 Å². The van der Waals surface area contributed by atoms with E-state index < -0.39 is 0 Å². The van der Waals surface area contributed by atoms with Gasteiger partial charge in [0.2, 0.25) is 5.95 Å². The second-order valence-corrected chi connectivity index (χ2v) is 9.20. The van der Waals surface area contributed by atoms with E-state index in [2.05, 4.69) is 39.3 Å². The number of anilines is 2. The highest BCUT2D eigenvalue weighted by Gasteiger charge is 2.23. The Morgan fingerprint density at radius 3 is 2.33 bits per heavy atom. The highest BCUT2D eigenvalue weighted by Crippen LogP contribution is 2.26. The Bertz CT molecular complexity index is 1030. The minimum atomic E-state index is 0.0105. The summed E-state index contributed by atoms with van der Waals surface area (Å²) in [4.78, 5) is 23.9. The van der Waals surface area contributed by atoms with E-state index in [0.29, 0.717) is 12.0 Å². The van der Waals surface area contributed by atoms with Crippen LogP contribution in [-0.4, -0.2) is 42.1 Å². The molecule has 2 aromatic carbocycles. The molecule has 0 unspecified atom stereocenters. The van der Waals surface area contributed by atoms with Crippen LogP contribution < -0.4 is 15.5 Å². The van der Waals surface area contributed by atoms with Crippen LogP contribution in [0.1, 0.15) is 36.0 Å². The van der Waals surface area contributed by atoms with Gasteiger partial charge in [-0.3, -0.25) is 4.79 Å². The van der Waals surface area contributed by atoms with Gasteiger partial charge in [-0.1, -0.05) is 12.1 Å². The summed E-state index contributed by atoms with van der Waals surface area (Å²) < 4.78 is 1.13. The smallest absolute Gasteiger partial charge is 0.251 e. The third kappa shape index (κ3) is 4.83. The number of benzene rings is 2. The van der Waals surface area contributed by atoms with Crippen LogP contribution in [0.4, 0.5) is 11.8 Å². The van der Waals surface area contributed by atoms with E-state index in [-0.39, 0.29) is 11.9 Å². The van der Waals surface area contributed by atoms with Gasteiger partial charge in [0.15, 0.2) is 0 Å². The van der Waals surface area contributed by atoms with Crippen LogP contribution in [0.15, 0.2) is 48.5 Å². The lowest BCUT2D eigenvalue weighted by Crippen LogP contribution is -2.40. The summed E-state index contributed by atoms with van der Waals surface area (Å²) in [5.41, 5.74) is 1.66. The molecule has 1 aromatic heterocycles. The molecule has 1 aliphatic carbocycles. The van der Waals surface area contributed by atoms with Gasteiger partial charge in [-0.05, 0) is 84.7 Å². The predicted molar refractivity (Wildman–Crippen MR) is 130 cm³/mol. The third-order valence-corrected chi connectivity index (χ3v) is 6.23. The Hall–Kier alpha value is -2.42. The fourth-order valence-corrected chi connectivity index (χ4v) is 4.26. The first-order valence-electron chi connectivity index (χ1n) is 10.3. The van der Waals surface area contributed by atoms with Crippen molar-refractivity contribution in [1.82, 2.24) is 15.3 Å². The first-order chi connectivity index (χ1) is 14.5. The summed E-state index contributed by atoms with van der Waals surface area (Å²) in [5, 5.41) is 7.75. The molecule has 30 heavy (non-hydrogen) atoms. The molecule has 0 aliphatic heterocycles. The van der Waals surface area contributed by atoms with E-state index in [9.17, 15) is 4.79 Å². The van der Waals surface area contributed by atoms with Gasteiger partial charge >= 0.3 is 0 Å². The molecule has 1 fully saturated rings. The fraction of sp³-hybridized carbons (Fsp3) is 0.348. The van der Waals surface area contributed by atoms with Crippen molar-refractivity contribution in [2.45, 2.75) is 37.8 Å². The number of fused-ring (bicyclic) bond motifs is 1. The number of rotatable bonds is 5. The van der Waals surface area contributed by atoms with Crippen molar-refractivity contribution in [2.24, 2.45) is 0 Å². The summed E-state index contributed by atoms with van der Waals surface area (Å²) in [6, 6.07) is 16.3. The molecule has 1 heterocycles. The van der Waals surface area contributed by atoms with E-state index in [4.69, 9.17) is 9.97 Å². The number of carbonyl (C=O) groups is 1.